The maximum Gasteiger partial charge on any atom is 0.137 e. The first-order valence-electron chi connectivity index (χ1n) is 6.30. The fourth-order valence-electron chi connectivity index (χ4n) is 1.86. The minimum atomic E-state index is 0.307. The molecule has 18 heavy (non-hydrogen) atoms. The first-order valence-corrected chi connectivity index (χ1v) is 6.30. The molecule has 1 aromatic rings. The van der Waals surface area contributed by atoms with Crippen molar-refractivity contribution in [2.24, 2.45) is 0 Å². The van der Waals surface area contributed by atoms with Crippen molar-refractivity contribution in [1.82, 2.24) is 9.97 Å². The van der Waals surface area contributed by atoms with Crippen LogP contribution in [0, 0.1) is 18.3 Å². The summed E-state index contributed by atoms with van der Waals surface area (Å²) in [6.07, 6.45) is 2.07. The van der Waals surface area contributed by atoms with Gasteiger partial charge in [0.15, 0.2) is 0 Å². The predicted octanol–water partition coefficient (Wildman–Crippen LogP) is 2.35. The lowest BCUT2D eigenvalue weighted by Crippen LogP contribution is -2.33. The van der Waals surface area contributed by atoms with E-state index in [1.54, 1.807) is 6.33 Å². The summed E-state index contributed by atoms with van der Waals surface area (Å²) in [5, 5.41) is 12.0. The van der Waals surface area contributed by atoms with Crippen LogP contribution in [0.5, 0.6) is 0 Å². The van der Waals surface area contributed by atoms with E-state index in [2.05, 4.69) is 40.1 Å². The summed E-state index contributed by atoms with van der Waals surface area (Å²) in [4.78, 5) is 10.7. The van der Waals surface area contributed by atoms with Gasteiger partial charge in [-0.3, -0.25) is 0 Å². The van der Waals surface area contributed by atoms with Gasteiger partial charge in [0, 0.05) is 24.7 Å². The van der Waals surface area contributed by atoms with E-state index in [-0.39, 0.29) is 0 Å². The summed E-state index contributed by atoms with van der Waals surface area (Å²) in [6, 6.07) is 2.49. The van der Waals surface area contributed by atoms with E-state index in [0.29, 0.717) is 19.0 Å². The Bertz CT molecular complexity index is 422. The highest BCUT2D eigenvalue weighted by molar-refractivity contribution is 5.58. The third-order valence-corrected chi connectivity index (χ3v) is 2.76. The van der Waals surface area contributed by atoms with Gasteiger partial charge in [0.2, 0.25) is 0 Å². The number of nitrogens with one attached hydrogen (secondary N) is 1. The number of rotatable bonds is 6. The molecule has 0 fully saturated rings. The number of hydrogen-bond acceptors (Lipinski definition) is 5. The van der Waals surface area contributed by atoms with Crippen LogP contribution in [0.4, 0.5) is 11.6 Å². The molecule has 0 spiro atoms. The second kappa shape index (κ2) is 6.80. The minimum Gasteiger partial charge on any atom is -0.370 e. The normalized spacial score (nSPS) is 10.2. The first kappa shape index (κ1) is 14.2. The molecule has 0 atom stereocenters. The average Bonchev–Trinajstić information content (AvgIpc) is 2.34. The Morgan fingerprint density at radius 1 is 1.44 bits per heavy atom. The number of hydrogen-bond donors (Lipinski definition) is 1. The van der Waals surface area contributed by atoms with Gasteiger partial charge in [0.25, 0.3) is 0 Å². The fourth-order valence-corrected chi connectivity index (χ4v) is 1.86. The van der Waals surface area contributed by atoms with Crippen LogP contribution >= 0.6 is 0 Å². The summed E-state index contributed by atoms with van der Waals surface area (Å²) in [6.45, 7) is 9.78. The fraction of sp³-hybridized carbons (Fsp3) is 0.615. The van der Waals surface area contributed by atoms with E-state index >= 15 is 0 Å². The molecule has 98 valence electrons. The monoisotopic (exact) mass is 247 g/mol. The molecule has 0 aliphatic carbocycles. The largest absolute Gasteiger partial charge is 0.370 e. The van der Waals surface area contributed by atoms with Crippen molar-refractivity contribution in [3.63, 3.8) is 0 Å². The van der Waals surface area contributed by atoms with Gasteiger partial charge in [-0.25, -0.2) is 9.97 Å². The highest BCUT2D eigenvalue weighted by Gasteiger charge is 2.16. The Hall–Kier alpha value is -1.83. The molecule has 0 aliphatic rings. The zero-order chi connectivity index (χ0) is 13.5. The molecule has 5 heteroatoms. The molecular weight excluding hydrogens is 226 g/mol. The maximum absolute atomic E-state index is 8.73. The van der Waals surface area contributed by atoms with Crippen LogP contribution in [-0.2, 0) is 0 Å². The van der Waals surface area contributed by atoms with Gasteiger partial charge in [-0.1, -0.05) is 0 Å². The lowest BCUT2D eigenvalue weighted by atomic mass is 10.2. The Morgan fingerprint density at radius 2 is 2.17 bits per heavy atom. The van der Waals surface area contributed by atoms with E-state index in [9.17, 15) is 0 Å². The first-order chi connectivity index (χ1) is 8.61. The van der Waals surface area contributed by atoms with Crippen LogP contribution in [0.3, 0.4) is 0 Å². The lowest BCUT2D eigenvalue weighted by Gasteiger charge is -2.28. The summed E-state index contributed by atoms with van der Waals surface area (Å²) >= 11 is 0. The summed E-state index contributed by atoms with van der Waals surface area (Å²) in [5.74, 6) is 1.77. The molecule has 1 heterocycles. The molecule has 0 saturated carbocycles. The van der Waals surface area contributed by atoms with Crippen LogP contribution in [0.15, 0.2) is 6.33 Å². The molecule has 0 aliphatic heterocycles. The molecule has 0 bridgehead atoms. The van der Waals surface area contributed by atoms with Gasteiger partial charge < -0.3 is 10.2 Å². The van der Waals surface area contributed by atoms with E-state index in [0.717, 1.165) is 23.7 Å². The van der Waals surface area contributed by atoms with Gasteiger partial charge in [-0.05, 0) is 27.7 Å². The highest BCUT2D eigenvalue weighted by Crippen LogP contribution is 2.23. The second-order valence-electron chi connectivity index (χ2n) is 4.40. The Balaban J connectivity index is 3.04. The number of nitrogens with zero attached hydrogens (tertiary/aromatic N) is 4. The minimum absolute atomic E-state index is 0.307. The van der Waals surface area contributed by atoms with Crippen molar-refractivity contribution in [2.75, 3.05) is 23.3 Å². The standard InChI is InChI=1S/C13H21N5/c1-5-15-12-11(4)13(17-9-16-12)18(10(2)3)8-6-7-14/h9-10H,5-6,8H2,1-4H3,(H,15,16,17). The molecule has 5 nitrogen and oxygen atoms in total. The SMILES string of the molecule is CCNc1ncnc(N(CCC#N)C(C)C)c1C. The zero-order valence-electron chi connectivity index (χ0n) is 11.6. The Kier molecular flexibility index (Phi) is 5.37. The quantitative estimate of drug-likeness (QED) is 0.836. The van der Waals surface area contributed by atoms with Gasteiger partial charge in [-0.2, -0.15) is 5.26 Å². The molecule has 1 aromatic heterocycles. The number of anilines is 2. The predicted molar refractivity (Wildman–Crippen MR) is 73.6 cm³/mol. The van der Waals surface area contributed by atoms with Crippen molar-refractivity contribution >= 4 is 11.6 Å². The Labute approximate surface area is 109 Å². The van der Waals surface area contributed by atoms with Crippen molar-refractivity contribution in [3.05, 3.63) is 11.9 Å². The summed E-state index contributed by atoms with van der Waals surface area (Å²) in [5.41, 5.74) is 1.03. The van der Waals surface area contributed by atoms with Crippen LogP contribution in [0.2, 0.25) is 0 Å². The van der Waals surface area contributed by atoms with E-state index in [1.165, 1.54) is 0 Å². The van der Waals surface area contributed by atoms with Crippen molar-refractivity contribution in [2.45, 2.75) is 40.2 Å². The summed E-state index contributed by atoms with van der Waals surface area (Å²) < 4.78 is 0. The average molecular weight is 247 g/mol. The van der Waals surface area contributed by atoms with Gasteiger partial charge in [0.05, 0.1) is 12.5 Å². The molecule has 0 radical (unpaired) electrons. The smallest absolute Gasteiger partial charge is 0.137 e. The number of nitriles is 1. The summed E-state index contributed by atoms with van der Waals surface area (Å²) in [7, 11) is 0. The van der Waals surface area contributed by atoms with E-state index < -0.39 is 0 Å². The molecule has 0 amide bonds. The molecular formula is C13H21N5. The van der Waals surface area contributed by atoms with E-state index in [1.807, 2.05) is 13.8 Å². The van der Waals surface area contributed by atoms with Crippen molar-refractivity contribution in [1.29, 1.82) is 5.26 Å². The van der Waals surface area contributed by atoms with Gasteiger partial charge in [-0.15, -0.1) is 0 Å². The lowest BCUT2D eigenvalue weighted by molar-refractivity contribution is 0.673. The second-order valence-corrected chi connectivity index (χ2v) is 4.40. The van der Waals surface area contributed by atoms with Crippen molar-refractivity contribution < 1.29 is 0 Å². The van der Waals surface area contributed by atoms with Crippen molar-refractivity contribution in [3.8, 4) is 6.07 Å². The molecule has 0 aromatic carbocycles. The van der Waals surface area contributed by atoms with Crippen LogP contribution < -0.4 is 10.2 Å². The van der Waals surface area contributed by atoms with Crippen LogP contribution in [0.25, 0.3) is 0 Å². The molecule has 0 unspecified atom stereocenters. The molecule has 1 N–H and O–H groups in total. The third kappa shape index (κ3) is 3.33. The topological polar surface area (TPSA) is 64.8 Å². The number of aromatic nitrogens is 2. The molecule has 1 rings (SSSR count). The van der Waals surface area contributed by atoms with E-state index in [4.69, 9.17) is 5.26 Å². The Morgan fingerprint density at radius 3 is 2.72 bits per heavy atom. The van der Waals surface area contributed by atoms with Gasteiger partial charge in [0.1, 0.15) is 18.0 Å². The third-order valence-electron chi connectivity index (χ3n) is 2.76. The molecule has 0 saturated heterocycles. The zero-order valence-corrected chi connectivity index (χ0v) is 11.6. The van der Waals surface area contributed by atoms with Crippen LogP contribution in [0.1, 0.15) is 32.8 Å². The van der Waals surface area contributed by atoms with Gasteiger partial charge >= 0.3 is 0 Å². The maximum atomic E-state index is 8.73. The van der Waals surface area contributed by atoms with Crippen LogP contribution in [-0.4, -0.2) is 29.1 Å². The highest BCUT2D eigenvalue weighted by atomic mass is 15.2.